The lowest BCUT2D eigenvalue weighted by atomic mass is 10.2. The zero-order chi connectivity index (χ0) is 11.9. The van der Waals surface area contributed by atoms with E-state index in [0.717, 1.165) is 10.4 Å². The Morgan fingerprint density at radius 1 is 1.18 bits per heavy atom. The first-order chi connectivity index (χ1) is 8.36. The van der Waals surface area contributed by atoms with E-state index in [4.69, 9.17) is 0 Å². The summed E-state index contributed by atoms with van der Waals surface area (Å²) in [4.78, 5) is 16.7. The van der Waals surface area contributed by atoms with Crippen molar-refractivity contribution in [2.24, 2.45) is 4.99 Å². The Bertz CT molecular complexity index is 488. The number of hydrogen-bond acceptors (Lipinski definition) is 3. The molecule has 3 heteroatoms. The molecule has 0 radical (unpaired) electrons. The third-order valence-corrected chi connectivity index (χ3v) is 3.23. The highest BCUT2D eigenvalue weighted by Crippen LogP contribution is 2.10. The van der Waals surface area contributed by atoms with Gasteiger partial charge in [-0.25, -0.2) is 0 Å². The fourth-order valence-electron chi connectivity index (χ4n) is 1.44. The molecule has 0 aliphatic rings. The lowest BCUT2D eigenvalue weighted by Gasteiger charge is -1.94. The first-order valence-electron chi connectivity index (χ1n) is 5.45. The van der Waals surface area contributed by atoms with Crippen molar-refractivity contribution in [2.45, 2.75) is 13.0 Å². The van der Waals surface area contributed by atoms with Crippen LogP contribution in [0.3, 0.4) is 0 Å². The molecule has 2 rings (SSSR count). The van der Waals surface area contributed by atoms with Gasteiger partial charge in [-0.3, -0.25) is 9.79 Å². The van der Waals surface area contributed by atoms with E-state index in [9.17, 15) is 4.79 Å². The van der Waals surface area contributed by atoms with Crippen LogP contribution in [-0.4, -0.2) is 12.0 Å². The van der Waals surface area contributed by atoms with Crippen molar-refractivity contribution >= 4 is 23.3 Å². The van der Waals surface area contributed by atoms with Gasteiger partial charge in [0.15, 0.2) is 5.78 Å². The van der Waals surface area contributed by atoms with Gasteiger partial charge in [0.2, 0.25) is 0 Å². The summed E-state index contributed by atoms with van der Waals surface area (Å²) in [5.74, 6) is 0.136. The van der Waals surface area contributed by atoms with Gasteiger partial charge in [0.1, 0.15) is 0 Å². The summed E-state index contributed by atoms with van der Waals surface area (Å²) in [6, 6.07) is 13.7. The van der Waals surface area contributed by atoms with E-state index in [1.807, 2.05) is 47.8 Å². The average molecular weight is 243 g/mol. The lowest BCUT2D eigenvalue weighted by Crippen LogP contribution is -1.96. The van der Waals surface area contributed by atoms with Crippen molar-refractivity contribution in [3.05, 3.63) is 58.3 Å². The third kappa shape index (κ3) is 3.64. The zero-order valence-electron chi connectivity index (χ0n) is 9.37. The molecule has 2 aromatic rings. The number of ketones is 1. The molecular formula is C14H13NOS. The van der Waals surface area contributed by atoms with Gasteiger partial charge in [-0.05, 0) is 17.0 Å². The second-order valence-electron chi connectivity index (χ2n) is 3.61. The van der Waals surface area contributed by atoms with Crippen LogP contribution in [0.4, 0.5) is 0 Å². The van der Waals surface area contributed by atoms with Crippen LogP contribution < -0.4 is 0 Å². The molecule has 1 aromatic heterocycles. The molecule has 0 unspecified atom stereocenters. The predicted octanol–water partition coefficient (Wildman–Crippen LogP) is 3.59. The highest BCUT2D eigenvalue weighted by molar-refractivity contribution is 7.12. The second-order valence-corrected chi connectivity index (χ2v) is 4.56. The SMILES string of the molecule is O=C(CC=NCc1ccccc1)c1cccs1. The minimum atomic E-state index is 0.136. The number of thiophene rings is 1. The molecule has 0 amide bonds. The van der Waals surface area contributed by atoms with Gasteiger partial charge in [-0.15, -0.1) is 11.3 Å². The van der Waals surface area contributed by atoms with Gasteiger partial charge in [-0.2, -0.15) is 0 Å². The second kappa shape index (κ2) is 6.11. The fraction of sp³-hybridized carbons (Fsp3) is 0.143. The highest BCUT2D eigenvalue weighted by Gasteiger charge is 2.03. The fourth-order valence-corrected chi connectivity index (χ4v) is 2.11. The van der Waals surface area contributed by atoms with Crippen LogP contribution >= 0.6 is 11.3 Å². The van der Waals surface area contributed by atoms with Gasteiger partial charge in [-0.1, -0.05) is 36.4 Å². The van der Waals surface area contributed by atoms with Gasteiger partial charge in [0, 0.05) is 12.6 Å². The Labute approximate surface area is 105 Å². The topological polar surface area (TPSA) is 29.4 Å². The summed E-state index contributed by atoms with van der Waals surface area (Å²) >= 11 is 1.47. The van der Waals surface area contributed by atoms with Crippen LogP contribution in [0.15, 0.2) is 52.8 Å². The van der Waals surface area contributed by atoms with Crippen LogP contribution in [0, 0.1) is 0 Å². The third-order valence-electron chi connectivity index (χ3n) is 2.32. The molecule has 0 aliphatic carbocycles. The number of aliphatic imine (C=N–C) groups is 1. The number of nitrogens with zero attached hydrogens (tertiary/aromatic N) is 1. The van der Waals surface area contributed by atoms with Crippen molar-refractivity contribution in [3.8, 4) is 0 Å². The Morgan fingerprint density at radius 2 is 2.00 bits per heavy atom. The first-order valence-corrected chi connectivity index (χ1v) is 6.33. The Morgan fingerprint density at radius 3 is 2.71 bits per heavy atom. The maximum Gasteiger partial charge on any atom is 0.178 e. The van der Waals surface area contributed by atoms with E-state index in [1.54, 1.807) is 6.21 Å². The number of carbonyl (C=O) groups excluding carboxylic acids is 1. The van der Waals surface area contributed by atoms with Crippen molar-refractivity contribution in [1.82, 2.24) is 0 Å². The summed E-state index contributed by atoms with van der Waals surface area (Å²) in [6.07, 6.45) is 2.09. The molecule has 86 valence electrons. The largest absolute Gasteiger partial charge is 0.293 e. The maximum atomic E-state index is 11.6. The van der Waals surface area contributed by atoms with E-state index >= 15 is 0 Å². The minimum Gasteiger partial charge on any atom is -0.293 e. The summed E-state index contributed by atoms with van der Waals surface area (Å²) in [5.41, 5.74) is 1.16. The van der Waals surface area contributed by atoms with Crippen LogP contribution in [0.1, 0.15) is 21.7 Å². The zero-order valence-corrected chi connectivity index (χ0v) is 10.2. The summed E-state index contributed by atoms with van der Waals surface area (Å²) < 4.78 is 0. The normalized spacial score (nSPS) is 10.8. The van der Waals surface area contributed by atoms with Crippen molar-refractivity contribution < 1.29 is 4.79 Å². The van der Waals surface area contributed by atoms with E-state index < -0.39 is 0 Å². The molecule has 0 saturated carbocycles. The number of carbonyl (C=O) groups is 1. The monoisotopic (exact) mass is 243 g/mol. The molecule has 0 N–H and O–H groups in total. The molecular weight excluding hydrogens is 230 g/mol. The van der Waals surface area contributed by atoms with E-state index in [1.165, 1.54) is 11.3 Å². The molecule has 0 atom stereocenters. The standard InChI is InChI=1S/C14H13NOS/c16-13(14-7-4-10-17-14)8-9-15-11-12-5-2-1-3-6-12/h1-7,9-10H,8,11H2. The predicted molar refractivity (Wildman–Crippen MR) is 71.9 cm³/mol. The van der Waals surface area contributed by atoms with E-state index in [0.29, 0.717) is 13.0 Å². The Balaban J connectivity index is 1.81. The molecule has 0 saturated heterocycles. The molecule has 1 heterocycles. The van der Waals surface area contributed by atoms with Gasteiger partial charge in [0.25, 0.3) is 0 Å². The Hall–Kier alpha value is -1.74. The number of hydrogen-bond donors (Lipinski definition) is 0. The highest BCUT2D eigenvalue weighted by atomic mass is 32.1. The summed E-state index contributed by atoms with van der Waals surface area (Å²) in [7, 11) is 0. The number of Topliss-reactive ketones (excluding diaryl/α,β-unsaturated/α-hetero) is 1. The van der Waals surface area contributed by atoms with Crippen molar-refractivity contribution in [3.63, 3.8) is 0 Å². The average Bonchev–Trinajstić information content (AvgIpc) is 2.89. The molecule has 0 spiro atoms. The first kappa shape index (κ1) is 11.7. The van der Waals surface area contributed by atoms with Gasteiger partial charge < -0.3 is 0 Å². The smallest absolute Gasteiger partial charge is 0.178 e. The molecule has 2 nitrogen and oxygen atoms in total. The maximum absolute atomic E-state index is 11.6. The van der Waals surface area contributed by atoms with E-state index in [-0.39, 0.29) is 5.78 Å². The van der Waals surface area contributed by atoms with Gasteiger partial charge in [0.05, 0.1) is 11.4 Å². The molecule has 1 aromatic carbocycles. The van der Waals surface area contributed by atoms with Crippen LogP contribution in [0.25, 0.3) is 0 Å². The van der Waals surface area contributed by atoms with Crippen LogP contribution in [0.2, 0.25) is 0 Å². The van der Waals surface area contributed by atoms with Crippen molar-refractivity contribution in [1.29, 1.82) is 0 Å². The van der Waals surface area contributed by atoms with Gasteiger partial charge >= 0.3 is 0 Å². The lowest BCUT2D eigenvalue weighted by molar-refractivity contribution is 0.101. The number of benzene rings is 1. The molecule has 0 bridgehead atoms. The molecule has 17 heavy (non-hydrogen) atoms. The summed E-state index contributed by atoms with van der Waals surface area (Å²) in [5, 5.41) is 1.91. The Kier molecular flexibility index (Phi) is 4.22. The van der Waals surface area contributed by atoms with Crippen LogP contribution in [0.5, 0.6) is 0 Å². The summed E-state index contributed by atoms with van der Waals surface area (Å²) in [6.45, 7) is 0.637. The van der Waals surface area contributed by atoms with Crippen molar-refractivity contribution in [2.75, 3.05) is 0 Å². The number of rotatable bonds is 5. The minimum absolute atomic E-state index is 0.136. The van der Waals surface area contributed by atoms with E-state index in [2.05, 4.69) is 4.99 Å². The van der Waals surface area contributed by atoms with Crippen LogP contribution in [-0.2, 0) is 6.54 Å². The molecule has 0 aliphatic heterocycles. The quantitative estimate of drug-likeness (QED) is 0.583. The molecule has 0 fully saturated rings.